The number of aromatic nitrogens is 3. The molecule has 0 saturated carbocycles. The van der Waals surface area contributed by atoms with Gasteiger partial charge in [-0.05, 0) is 27.2 Å². The lowest BCUT2D eigenvalue weighted by atomic mass is 10.1. The van der Waals surface area contributed by atoms with Crippen LogP contribution in [0.25, 0.3) is 5.65 Å². The lowest BCUT2D eigenvalue weighted by molar-refractivity contribution is -0.118. The molecule has 0 aromatic carbocycles. The topological polar surface area (TPSA) is 85.3 Å². The summed E-state index contributed by atoms with van der Waals surface area (Å²) in [5.41, 5.74) is 9.17. The molecule has 1 amide bonds. The molecule has 114 valence electrons. The second-order valence-electron chi connectivity index (χ2n) is 5.47. The number of nitrogens with zero attached hydrogens (tertiary/aromatic N) is 3. The Labute approximate surface area is 124 Å². The van der Waals surface area contributed by atoms with E-state index in [9.17, 15) is 4.79 Å². The number of nitrogens with two attached hydrogens (primary N) is 1. The summed E-state index contributed by atoms with van der Waals surface area (Å²) >= 11 is 0. The van der Waals surface area contributed by atoms with Gasteiger partial charge in [-0.3, -0.25) is 4.79 Å². The van der Waals surface area contributed by atoms with Crippen molar-refractivity contribution in [1.29, 1.82) is 0 Å². The first-order chi connectivity index (χ1) is 9.93. The molecule has 0 fully saturated rings. The predicted octanol–water partition coefficient (Wildman–Crippen LogP) is 2.11. The minimum Gasteiger partial charge on any atom is -0.368 e. The summed E-state index contributed by atoms with van der Waals surface area (Å²) in [5, 5.41) is 7.71. The van der Waals surface area contributed by atoms with Crippen molar-refractivity contribution in [3.63, 3.8) is 0 Å². The Balaban J connectivity index is 2.40. The molecule has 6 nitrogen and oxygen atoms in total. The smallest absolute Gasteiger partial charge is 0.239 e. The third-order valence-corrected chi connectivity index (χ3v) is 3.70. The highest BCUT2D eigenvalue weighted by Crippen LogP contribution is 2.19. The summed E-state index contributed by atoms with van der Waals surface area (Å²) in [5.74, 6) is 0.417. The molecule has 2 aromatic rings. The fourth-order valence-corrected chi connectivity index (χ4v) is 2.33. The SMILES string of the molecule is CCCCC(Nc1cc(C)nc2c(C)c(C)nn12)C(N)=O. The summed E-state index contributed by atoms with van der Waals surface area (Å²) in [6, 6.07) is 1.50. The van der Waals surface area contributed by atoms with Crippen molar-refractivity contribution in [1.82, 2.24) is 14.6 Å². The lowest BCUT2D eigenvalue weighted by Crippen LogP contribution is -2.36. The molecule has 3 N–H and O–H groups in total. The van der Waals surface area contributed by atoms with Crippen molar-refractivity contribution in [3.8, 4) is 0 Å². The molecule has 2 aromatic heterocycles. The Morgan fingerprint density at radius 1 is 1.43 bits per heavy atom. The predicted molar refractivity (Wildman–Crippen MR) is 83.3 cm³/mol. The Hall–Kier alpha value is -2.11. The third kappa shape index (κ3) is 3.15. The van der Waals surface area contributed by atoms with E-state index in [-0.39, 0.29) is 11.9 Å². The van der Waals surface area contributed by atoms with Crippen molar-refractivity contribution in [2.24, 2.45) is 5.73 Å². The highest BCUT2D eigenvalue weighted by molar-refractivity contribution is 5.82. The van der Waals surface area contributed by atoms with E-state index in [0.29, 0.717) is 6.42 Å². The van der Waals surface area contributed by atoms with E-state index >= 15 is 0 Å². The normalized spacial score (nSPS) is 12.6. The van der Waals surface area contributed by atoms with Gasteiger partial charge < -0.3 is 11.1 Å². The molecule has 0 bridgehead atoms. The van der Waals surface area contributed by atoms with E-state index < -0.39 is 0 Å². The molecule has 6 heteroatoms. The molecule has 0 saturated heterocycles. The quantitative estimate of drug-likeness (QED) is 0.853. The summed E-state index contributed by atoms with van der Waals surface area (Å²) in [6.07, 6.45) is 2.69. The van der Waals surface area contributed by atoms with Gasteiger partial charge in [-0.25, -0.2) is 4.98 Å². The zero-order valence-corrected chi connectivity index (χ0v) is 13.1. The third-order valence-electron chi connectivity index (χ3n) is 3.70. The number of unbranched alkanes of at least 4 members (excludes halogenated alkanes) is 1. The number of hydrogen-bond acceptors (Lipinski definition) is 4. The summed E-state index contributed by atoms with van der Waals surface area (Å²) in [4.78, 5) is 16.1. The molecule has 0 aliphatic rings. The number of primary amides is 1. The summed E-state index contributed by atoms with van der Waals surface area (Å²) in [6.45, 7) is 7.97. The van der Waals surface area contributed by atoms with Gasteiger partial charge >= 0.3 is 0 Å². The van der Waals surface area contributed by atoms with Crippen LogP contribution in [0.1, 0.15) is 43.1 Å². The molecular weight excluding hydrogens is 266 g/mol. The number of aryl methyl sites for hydroxylation is 3. The maximum atomic E-state index is 11.6. The number of fused-ring (bicyclic) bond motifs is 1. The maximum Gasteiger partial charge on any atom is 0.239 e. The first-order valence-electron chi connectivity index (χ1n) is 7.33. The van der Waals surface area contributed by atoms with E-state index in [0.717, 1.165) is 41.3 Å². The van der Waals surface area contributed by atoms with Crippen LogP contribution >= 0.6 is 0 Å². The van der Waals surface area contributed by atoms with Crippen LogP contribution < -0.4 is 11.1 Å². The molecule has 21 heavy (non-hydrogen) atoms. The van der Waals surface area contributed by atoms with Crippen molar-refractivity contribution < 1.29 is 4.79 Å². The fourth-order valence-electron chi connectivity index (χ4n) is 2.33. The number of rotatable bonds is 6. The molecule has 2 rings (SSSR count). The summed E-state index contributed by atoms with van der Waals surface area (Å²) < 4.78 is 1.75. The average molecular weight is 289 g/mol. The molecular formula is C15H23N5O. The van der Waals surface area contributed by atoms with E-state index in [1.807, 2.05) is 26.8 Å². The molecule has 1 unspecified atom stereocenters. The minimum atomic E-state index is -0.389. The van der Waals surface area contributed by atoms with Gasteiger partial charge in [0, 0.05) is 17.3 Å². The second kappa shape index (κ2) is 6.11. The first-order valence-corrected chi connectivity index (χ1v) is 7.33. The highest BCUT2D eigenvalue weighted by Gasteiger charge is 2.18. The largest absolute Gasteiger partial charge is 0.368 e. The van der Waals surface area contributed by atoms with Gasteiger partial charge in [0.25, 0.3) is 0 Å². The number of carbonyl (C=O) groups excluding carboxylic acids is 1. The number of amides is 1. The fraction of sp³-hybridized carbons (Fsp3) is 0.533. The Morgan fingerprint density at radius 2 is 2.14 bits per heavy atom. The molecule has 0 aliphatic carbocycles. The average Bonchev–Trinajstić information content (AvgIpc) is 2.71. The maximum absolute atomic E-state index is 11.6. The van der Waals surface area contributed by atoms with Crippen LogP contribution in [0.2, 0.25) is 0 Å². The molecule has 0 aliphatic heterocycles. The van der Waals surface area contributed by atoms with E-state index in [2.05, 4.69) is 22.3 Å². The van der Waals surface area contributed by atoms with Crippen LogP contribution in [-0.4, -0.2) is 26.5 Å². The number of hydrogen-bond donors (Lipinski definition) is 2. The van der Waals surface area contributed by atoms with Crippen molar-refractivity contribution in [3.05, 3.63) is 23.0 Å². The Morgan fingerprint density at radius 3 is 2.76 bits per heavy atom. The van der Waals surface area contributed by atoms with Crippen LogP contribution in [0.15, 0.2) is 6.07 Å². The Bertz CT molecular complexity index is 662. The van der Waals surface area contributed by atoms with Gasteiger partial charge in [0.05, 0.1) is 5.69 Å². The number of carbonyl (C=O) groups is 1. The van der Waals surface area contributed by atoms with E-state index in [1.54, 1.807) is 4.52 Å². The molecule has 0 spiro atoms. The standard InChI is InChI=1S/C15H23N5O/c1-5-6-7-12(14(16)21)18-13-8-9(2)17-15-10(3)11(4)19-20(13)15/h8,12,18H,5-7H2,1-4H3,(H2,16,21). The zero-order chi connectivity index (χ0) is 15.6. The van der Waals surface area contributed by atoms with Crippen molar-refractivity contribution in [2.75, 3.05) is 5.32 Å². The minimum absolute atomic E-state index is 0.341. The van der Waals surface area contributed by atoms with Crippen molar-refractivity contribution >= 4 is 17.4 Å². The number of nitrogens with one attached hydrogen (secondary N) is 1. The van der Waals surface area contributed by atoms with Crippen LogP contribution in [-0.2, 0) is 4.79 Å². The molecule has 0 radical (unpaired) electrons. The van der Waals surface area contributed by atoms with Gasteiger partial charge in [0.2, 0.25) is 5.91 Å². The van der Waals surface area contributed by atoms with Gasteiger partial charge in [0.1, 0.15) is 11.9 Å². The monoisotopic (exact) mass is 289 g/mol. The van der Waals surface area contributed by atoms with Crippen LogP contribution in [0.5, 0.6) is 0 Å². The van der Waals surface area contributed by atoms with Crippen LogP contribution in [0.4, 0.5) is 5.82 Å². The van der Waals surface area contributed by atoms with Crippen molar-refractivity contribution in [2.45, 2.75) is 53.0 Å². The zero-order valence-electron chi connectivity index (χ0n) is 13.1. The van der Waals surface area contributed by atoms with Crippen LogP contribution in [0.3, 0.4) is 0 Å². The van der Waals surface area contributed by atoms with Crippen LogP contribution in [0, 0.1) is 20.8 Å². The second-order valence-corrected chi connectivity index (χ2v) is 5.47. The Kier molecular flexibility index (Phi) is 4.45. The highest BCUT2D eigenvalue weighted by atomic mass is 16.1. The van der Waals surface area contributed by atoms with E-state index in [4.69, 9.17) is 5.73 Å². The molecule has 2 heterocycles. The summed E-state index contributed by atoms with van der Waals surface area (Å²) in [7, 11) is 0. The molecule has 1 atom stereocenters. The van der Waals surface area contributed by atoms with E-state index in [1.165, 1.54) is 0 Å². The lowest BCUT2D eigenvalue weighted by Gasteiger charge is -2.17. The van der Waals surface area contributed by atoms with Gasteiger partial charge in [-0.1, -0.05) is 19.8 Å². The van der Waals surface area contributed by atoms with Gasteiger partial charge in [-0.15, -0.1) is 0 Å². The van der Waals surface area contributed by atoms with Gasteiger partial charge in [-0.2, -0.15) is 9.61 Å². The number of anilines is 1. The first kappa shape index (κ1) is 15.3. The van der Waals surface area contributed by atoms with Gasteiger partial charge in [0.15, 0.2) is 5.65 Å².